The predicted octanol–water partition coefficient (Wildman–Crippen LogP) is 9.43. The predicted molar refractivity (Wildman–Crippen MR) is 182 cm³/mol. The number of likely N-dealkylation sites (tertiary alicyclic amines) is 1. The zero-order valence-corrected chi connectivity index (χ0v) is 28.0. The first-order valence-corrected chi connectivity index (χ1v) is 19.9. The van der Waals surface area contributed by atoms with Gasteiger partial charge >= 0.3 is 6.09 Å². The highest BCUT2D eigenvalue weighted by Crippen LogP contribution is 2.39. The van der Waals surface area contributed by atoms with Crippen LogP contribution in [0.2, 0.25) is 25.7 Å². The van der Waals surface area contributed by atoms with E-state index in [-0.39, 0.29) is 29.9 Å². The third-order valence-corrected chi connectivity index (χ3v) is 10.3. The summed E-state index contributed by atoms with van der Waals surface area (Å²) < 4.78 is 32.8. The first-order valence-electron chi connectivity index (χ1n) is 16.2. The van der Waals surface area contributed by atoms with E-state index >= 15 is 0 Å². The van der Waals surface area contributed by atoms with Crippen LogP contribution in [0.15, 0.2) is 91.0 Å². The minimum absolute atomic E-state index is 0.0193. The lowest BCUT2D eigenvalue weighted by atomic mass is 9.76. The van der Waals surface area contributed by atoms with E-state index in [4.69, 9.17) is 14.2 Å². The molecule has 3 atom stereocenters. The second kappa shape index (κ2) is 15.1. The van der Waals surface area contributed by atoms with Gasteiger partial charge < -0.3 is 19.1 Å². The van der Waals surface area contributed by atoms with Crippen molar-refractivity contribution in [2.24, 2.45) is 5.92 Å². The van der Waals surface area contributed by atoms with E-state index in [1.165, 1.54) is 12.1 Å². The Labute approximate surface area is 268 Å². The number of hydrogen-bond donors (Lipinski definition) is 0. The molecular formula is C38H46FNO4Si. The third-order valence-electron chi connectivity index (χ3n) is 8.60. The fourth-order valence-electron chi connectivity index (χ4n) is 6.24. The number of nitrogens with zero attached hydrogens (tertiary/aromatic N) is 1. The van der Waals surface area contributed by atoms with Crippen molar-refractivity contribution in [1.82, 2.24) is 4.90 Å². The molecule has 7 heteroatoms. The van der Waals surface area contributed by atoms with Gasteiger partial charge in [-0.15, -0.1) is 0 Å². The van der Waals surface area contributed by atoms with Crippen molar-refractivity contribution in [3.05, 3.63) is 114 Å². The molecule has 0 N–H and O–H groups in total. The van der Waals surface area contributed by atoms with Gasteiger partial charge in [0.25, 0.3) is 0 Å². The normalized spacial score (nSPS) is 18.6. The lowest BCUT2D eigenvalue weighted by Crippen LogP contribution is -2.51. The lowest BCUT2D eigenvalue weighted by Gasteiger charge is -2.43. The summed E-state index contributed by atoms with van der Waals surface area (Å²) in [5.41, 5.74) is 3.14. The fourth-order valence-corrected chi connectivity index (χ4v) is 6.95. The Morgan fingerprint density at radius 2 is 1.62 bits per heavy atom. The largest absolute Gasteiger partial charge is 0.488 e. The smallest absolute Gasteiger partial charge is 0.409 e. The van der Waals surface area contributed by atoms with Crippen molar-refractivity contribution >= 4 is 24.9 Å². The van der Waals surface area contributed by atoms with E-state index in [0.29, 0.717) is 32.9 Å². The molecule has 45 heavy (non-hydrogen) atoms. The van der Waals surface area contributed by atoms with E-state index in [9.17, 15) is 9.18 Å². The van der Waals surface area contributed by atoms with E-state index in [1.54, 1.807) is 0 Å². The number of halogens is 1. The number of rotatable bonds is 12. The second-order valence-corrected chi connectivity index (χ2v) is 19.0. The first-order chi connectivity index (χ1) is 21.7. The van der Waals surface area contributed by atoms with Gasteiger partial charge in [0.05, 0.1) is 25.9 Å². The summed E-state index contributed by atoms with van der Waals surface area (Å²) in [4.78, 5) is 15.1. The fraction of sp³-hybridized carbons (Fsp3) is 0.395. The number of amides is 1. The highest BCUT2D eigenvalue weighted by atomic mass is 28.3. The summed E-state index contributed by atoms with van der Waals surface area (Å²) in [6.45, 7) is 11.3. The first kappa shape index (κ1) is 32.7. The summed E-state index contributed by atoms with van der Waals surface area (Å²) in [7, 11) is -1.33. The summed E-state index contributed by atoms with van der Waals surface area (Å²) >= 11 is 0. The third kappa shape index (κ3) is 8.95. The molecule has 0 spiro atoms. The van der Waals surface area contributed by atoms with Gasteiger partial charge in [0.15, 0.2) is 0 Å². The maximum atomic E-state index is 14.0. The van der Waals surface area contributed by atoms with Crippen LogP contribution in [0.5, 0.6) is 5.75 Å². The standard InChI is InChI=1S/C38H46FNO4Si/c1-5-11-32-24-40(38(41)42-20-21-45(2,3)4)25-36(37(32)30-16-18-33(39)19-17-30)44-27-29-22-31-14-9-10-15-34(31)35(23-29)43-26-28-12-7-6-8-13-28/h6-10,12-19,22-23,32,36-37H,5,11,20-21,24-27H2,1-4H3. The van der Waals surface area contributed by atoms with Crippen LogP contribution in [0.3, 0.4) is 0 Å². The van der Waals surface area contributed by atoms with Gasteiger partial charge in [0, 0.05) is 25.9 Å². The van der Waals surface area contributed by atoms with Gasteiger partial charge in [-0.2, -0.15) is 0 Å². The van der Waals surface area contributed by atoms with Crippen LogP contribution in [0.1, 0.15) is 42.4 Å². The summed E-state index contributed by atoms with van der Waals surface area (Å²) in [5, 5.41) is 2.13. The monoisotopic (exact) mass is 627 g/mol. The molecule has 1 fully saturated rings. The molecule has 1 saturated heterocycles. The van der Waals surface area contributed by atoms with Crippen LogP contribution in [0.4, 0.5) is 9.18 Å². The number of piperidine rings is 1. The van der Waals surface area contributed by atoms with Crippen LogP contribution in [-0.4, -0.2) is 44.9 Å². The van der Waals surface area contributed by atoms with Crippen molar-refractivity contribution in [3.63, 3.8) is 0 Å². The minimum Gasteiger partial charge on any atom is -0.488 e. The Bertz CT molecular complexity index is 1540. The van der Waals surface area contributed by atoms with Gasteiger partial charge in [-0.3, -0.25) is 0 Å². The van der Waals surface area contributed by atoms with Crippen LogP contribution in [0.25, 0.3) is 10.8 Å². The van der Waals surface area contributed by atoms with Crippen molar-refractivity contribution in [3.8, 4) is 5.75 Å². The van der Waals surface area contributed by atoms with Gasteiger partial charge in [-0.25, -0.2) is 9.18 Å². The molecule has 1 amide bonds. The topological polar surface area (TPSA) is 48.0 Å². The van der Waals surface area contributed by atoms with Crippen molar-refractivity contribution in [2.45, 2.75) is 70.7 Å². The molecule has 4 aromatic rings. The lowest BCUT2D eigenvalue weighted by molar-refractivity contribution is -0.0440. The van der Waals surface area contributed by atoms with Crippen molar-refractivity contribution < 1.29 is 23.4 Å². The highest BCUT2D eigenvalue weighted by molar-refractivity contribution is 6.76. The number of ether oxygens (including phenoxy) is 3. The number of hydrogen-bond acceptors (Lipinski definition) is 4. The maximum absolute atomic E-state index is 14.0. The van der Waals surface area contributed by atoms with Crippen LogP contribution in [0, 0.1) is 11.7 Å². The van der Waals surface area contributed by atoms with Gasteiger partial charge in [0.1, 0.15) is 18.2 Å². The number of fused-ring (bicyclic) bond motifs is 1. The molecular weight excluding hydrogens is 582 g/mol. The highest BCUT2D eigenvalue weighted by Gasteiger charge is 2.40. The van der Waals surface area contributed by atoms with E-state index in [0.717, 1.165) is 52.1 Å². The van der Waals surface area contributed by atoms with Gasteiger partial charge in [-0.05, 0) is 64.7 Å². The number of benzene rings is 4. The van der Waals surface area contributed by atoms with Crippen molar-refractivity contribution in [1.29, 1.82) is 0 Å². The van der Waals surface area contributed by atoms with Crippen LogP contribution in [-0.2, 0) is 22.7 Å². The van der Waals surface area contributed by atoms with E-state index in [2.05, 4.69) is 63.0 Å². The zero-order chi connectivity index (χ0) is 31.8. The Kier molecular flexibility index (Phi) is 10.9. The molecule has 0 radical (unpaired) electrons. The molecule has 1 heterocycles. The number of carbonyl (C=O) groups excluding carboxylic acids is 1. The molecule has 4 aromatic carbocycles. The van der Waals surface area contributed by atoms with E-state index < -0.39 is 8.07 Å². The SMILES string of the molecule is CCCC1CN(C(=O)OCC[Si](C)(C)C)CC(OCc2cc(OCc3ccccc3)c3ccccc3c2)C1c1ccc(F)cc1. The summed E-state index contributed by atoms with van der Waals surface area (Å²) in [5.74, 6) is 0.729. The van der Waals surface area contributed by atoms with Gasteiger partial charge in [0.2, 0.25) is 0 Å². The molecule has 1 aliphatic heterocycles. The Morgan fingerprint density at radius 1 is 0.889 bits per heavy atom. The molecule has 1 aliphatic rings. The maximum Gasteiger partial charge on any atom is 0.409 e. The summed E-state index contributed by atoms with van der Waals surface area (Å²) in [6, 6.07) is 30.3. The molecule has 0 bridgehead atoms. The van der Waals surface area contributed by atoms with E-state index in [1.807, 2.05) is 47.4 Å². The molecule has 5 nitrogen and oxygen atoms in total. The molecule has 0 aromatic heterocycles. The average Bonchev–Trinajstić information content (AvgIpc) is 3.03. The Morgan fingerprint density at radius 3 is 2.36 bits per heavy atom. The molecule has 238 valence electrons. The minimum atomic E-state index is -1.33. The zero-order valence-electron chi connectivity index (χ0n) is 27.0. The summed E-state index contributed by atoms with van der Waals surface area (Å²) in [6.07, 6.45) is 1.34. The van der Waals surface area contributed by atoms with Gasteiger partial charge in [-0.1, -0.05) is 99.7 Å². The molecule has 0 aliphatic carbocycles. The molecule has 3 unspecified atom stereocenters. The molecule has 0 saturated carbocycles. The van der Waals surface area contributed by atoms with Crippen LogP contribution < -0.4 is 4.74 Å². The Balaban J connectivity index is 1.39. The Hall–Kier alpha value is -3.68. The quantitative estimate of drug-likeness (QED) is 0.147. The van der Waals surface area contributed by atoms with Crippen LogP contribution >= 0.6 is 0 Å². The second-order valence-electron chi connectivity index (χ2n) is 13.4. The average molecular weight is 628 g/mol. The number of carbonyl (C=O) groups is 1. The molecule has 5 rings (SSSR count). The van der Waals surface area contributed by atoms with Crippen molar-refractivity contribution in [2.75, 3.05) is 19.7 Å².